The van der Waals surface area contributed by atoms with Crippen molar-refractivity contribution < 1.29 is 14.7 Å². The van der Waals surface area contributed by atoms with Crippen LogP contribution in [0.2, 0.25) is 0 Å². The molecular formula is C17H13N3O3. The number of nitrogens with zero attached hydrogens (tertiary/aromatic N) is 3. The van der Waals surface area contributed by atoms with Crippen LogP contribution < -0.4 is 0 Å². The summed E-state index contributed by atoms with van der Waals surface area (Å²) in [6.45, 7) is 0. The molecule has 0 saturated heterocycles. The average molecular weight is 307 g/mol. The summed E-state index contributed by atoms with van der Waals surface area (Å²) in [5.74, 6) is -2.52. The van der Waals surface area contributed by atoms with E-state index in [0.717, 1.165) is 5.39 Å². The van der Waals surface area contributed by atoms with Gasteiger partial charge in [-0.3, -0.25) is 9.48 Å². The highest BCUT2D eigenvalue weighted by molar-refractivity contribution is 6.52. The number of hydrogen-bond donors (Lipinski definition) is 1. The van der Waals surface area contributed by atoms with Crippen molar-refractivity contribution in [2.45, 2.75) is 0 Å². The van der Waals surface area contributed by atoms with E-state index in [1.165, 1.54) is 6.08 Å². The number of pyridine rings is 1. The van der Waals surface area contributed by atoms with Crippen LogP contribution in [-0.2, 0) is 16.6 Å². The topological polar surface area (TPSA) is 85.1 Å². The van der Waals surface area contributed by atoms with E-state index < -0.39 is 11.8 Å². The molecule has 6 nitrogen and oxygen atoms in total. The van der Waals surface area contributed by atoms with Gasteiger partial charge in [-0.25, -0.2) is 9.78 Å². The molecule has 2 aromatic heterocycles. The van der Waals surface area contributed by atoms with E-state index in [1.807, 2.05) is 30.3 Å². The number of fused-ring (bicyclic) bond motifs is 1. The second kappa shape index (κ2) is 5.84. The molecule has 6 heteroatoms. The minimum atomic E-state index is -1.52. The molecular weight excluding hydrogens is 294 g/mol. The van der Waals surface area contributed by atoms with E-state index >= 15 is 0 Å². The lowest BCUT2D eigenvalue weighted by molar-refractivity contribution is -0.146. The van der Waals surface area contributed by atoms with E-state index in [1.54, 1.807) is 30.2 Å². The maximum Gasteiger partial charge on any atom is 0.377 e. The third-order valence-corrected chi connectivity index (χ3v) is 3.35. The zero-order chi connectivity index (χ0) is 16.4. The molecule has 3 aromatic rings. The van der Waals surface area contributed by atoms with Crippen molar-refractivity contribution >= 4 is 34.3 Å². The molecule has 0 aliphatic heterocycles. The number of carbonyl (C=O) groups excluding carboxylic acids is 1. The molecule has 0 atom stereocenters. The van der Waals surface area contributed by atoms with E-state index in [0.29, 0.717) is 16.8 Å². The van der Waals surface area contributed by atoms with Gasteiger partial charge in [0.25, 0.3) is 5.78 Å². The third-order valence-electron chi connectivity index (χ3n) is 3.35. The van der Waals surface area contributed by atoms with Crippen LogP contribution in [0.3, 0.4) is 0 Å². The van der Waals surface area contributed by atoms with Crippen molar-refractivity contribution in [1.82, 2.24) is 14.8 Å². The zero-order valence-electron chi connectivity index (χ0n) is 12.3. The fourth-order valence-corrected chi connectivity index (χ4v) is 2.27. The number of aromatic nitrogens is 3. The smallest absolute Gasteiger partial charge is 0.377 e. The van der Waals surface area contributed by atoms with Crippen LogP contribution in [0, 0.1) is 0 Å². The van der Waals surface area contributed by atoms with Gasteiger partial charge in [0, 0.05) is 24.2 Å². The molecule has 0 unspecified atom stereocenters. The van der Waals surface area contributed by atoms with Crippen LogP contribution in [-0.4, -0.2) is 31.6 Å². The zero-order valence-corrected chi connectivity index (χ0v) is 12.3. The molecule has 0 spiro atoms. The Labute approximate surface area is 131 Å². The maximum atomic E-state index is 12.1. The number of aliphatic carboxylic acids is 1. The van der Waals surface area contributed by atoms with Crippen LogP contribution >= 0.6 is 0 Å². The van der Waals surface area contributed by atoms with Crippen molar-refractivity contribution in [3.05, 3.63) is 60.0 Å². The first-order valence-corrected chi connectivity index (χ1v) is 6.89. The van der Waals surface area contributed by atoms with E-state index in [2.05, 4.69) is 10.1 Å². The molecule has 23 heavy (non-hydrogen) atoms. The number of benzene rings is 1. The second-order valence-corrected chi connectivity index (χ2v) is 5.03. The normalized spacial score (nSPS) is 11.6. The van der Waals surface area contributed by atoms with Gasteiger partial charge in [-0.1, -0.05) is 24.3 Å². The van der Waals surface area contributed by atoms with E-state index in [-0.39, 0.29) is 5.57 Å². The quantitative estimate of drug-likeness (QED) is 0.590. The Morgan fingerprint density at radius 3 is 2.65 bits per heavy atom. The first kappa shape index (κ1) is 14.6. The fraction of sp³-hybridized carbons (Fsp3) is 0.0588. The van der Waals surface area contributed by atoms with Gasteiger partial charge >= 0.3 is 5.97 Å². The molecule has 0 radical (unpaired) electrons. The molecule has 0 bridgehead atoms. The lowest BCUT2D eigenvalue weighted by Gasteiger charge is -2.05. The van der Waals surface area contributed by atoms with E-state index in [4.69, 9.17) is 5.11 Å². The summed E-state index contributed by atoms with van der Waals surface area (Å²) >= 11 is 0. The molecule has 0 fully saturated rings. The number of ketones is 1. The number of carboxylic acid groups (broad SMARTS) is 1. The number of carbonyl (C=O) groups is 2. The van der Waals surface area contributed by atoms with E-state index in [9.17, 15) is 9.59 Å². The van der Waals surface area contributed by atoms with Gasteiger partial charge in [0.15, 0.2) is 0 Å². The minimum absolute atomic E-state index is 0.0243. The number of para-hydroxylation sites is 1. The third kappa shape index (κ3) is 3.01. The van der Waals surface area contributed by atoms with Gasteiger partial charge in [-0.2, -0.15) is 5.10 Å². The highest BCUT2D eigenvalue weighted by Gasteiger charge is 2.21. The summed E-state index contributed by atoms with van der Waals surface area (Å²) in [5, 5.41) is 14.0. The van der Waals surface area contributed by atoms with Crippen LogP contribution in [0.5, 0.6) is 0 Å². The molecule has 0 amide bonds. The van der Waals surface area contributed by atoms with Crippen molar-refractivity contribution in [3.63, 3.8) is 0 Å². The van der Waals surface area contributed by atoms with Gasteiger partial charge in [0.2, 0.25) is 0 Å². The number of hydrogen-bond acceptors (Lipinski definition) is 4. The standard InChI is InChI=1S/C17H13N3O3/c1-20-10-11(9-18-20)8-13(16(21)17(22)23)15-7-6-12-4-2-3-5-14(12)19-15/h2-10H,1H3,(H,22,23)/b13-8+. The van der Waals surface area contributed by atoms with Crippen LogP contribution in [0.25, 0.3) is 22.6 Å². The number of rotatable bonds is 4. The number of Topliss-reactive ketones (excluding diaryl/α,β-unsaturated/α-hetero) is 1. The number of aryl methyl sites for hydroxylation is 1. The lowest BCUT2D eigenvalue weighted by Crippen LogP contribution is -2.15. The first-order chi connectivity index (χ1) is 11.0. The summed E-state index contributed by atoms with van der Waals surface area (Å²) < 4.78 is 1.57. The summed E-state index contributed by atoms with van der Waals surface area (Å²) in [6, 6.07) is 10.9. The van der Waals surface area contributed by atoms with Crippen molar-refractivity contribution in [1.29, 1.82) is 0 Å². The SMILES string of the molecule is Cn1cc(/C=C(/C(=O)C(=O)O)c2ccc3ccccc3n2)cn1. The minimum Gasteiger partial charge on any atom is -0.475 e. The fourth-order valence-electron chi connectivity index (χ4n) is 2.27. The Morgan fingerprint density at radius 2 is 1.96 bits per heavy atom. The number of carboxylic acids is 1. The Bertz CT molecular complexity index is 941. The largest absolute Gasteiger partial charge is 0.475 e. The van der Waals surface area contributed by atoms with Crippen molar-refractivity contribution in [2.24, 2.45) is 7.05 Å². The van der Waals surface area contributed by atoms with Crippen LogP contribution in [0.4, 0.5) is 0 Å². The maximum absolute atomic E-state index is 12.1. The van der Waals surface area contributed by atoms with Crippen LogP contribution in [0.1, 0.15) is 11.3 Å². The predicted molar refractivity (Wildman–Crippen MR) is 85.5 cm³/mol. The molecule has 114 valence electrons. The monoisotopic (exact) mass is 307 g/mol. The predicted octanol–water partition coefficient (Wildman–Crippen LogP) is 2.16. The van der Waals surface area contributed by atoms with Crippen molar-refractivity contribution in [2.75, 3.05) is 0 Å². The summed E-state index contributed by atoms with van der Waals surface area (Å²) in [7, 11) is 1.74. The van der Waals surface area contributed by atoms with Gasteiger partial charge in [0.05, 0.1) is 23.0 Å². The van der Waals surface area contributed by atoms with Crippen LogP contribution in [0.15, 0.2) is 48.8 Å². The van der Waals surface area contributed by atoms with Gasteiger partial charge in [-0.05, 0) is 18.2 Å². The molecule has 2 heterocycles. The summed E-state index contributed by atoms with van der Waals surface area (Å²) in [5.41, 5.74) is 1.67. The highest BCUT2D eigenvalue weighted by Crippen LogP contribution is 2.21. The Morgan fingerprint density at radius 1 is 1.17 bits per heavy atom. The summed E-state index contributed by atoms with van der Waals surface area (Å²) in [4.78, 5) is 27.6. The average Bonchev–Trinajstić information content (AvgIpc) is 2.96. The highest BCUT2D eigenvalue weighted by atomic mass is 16.4. The Balaban J connectivity index is 2.15. The summed E-state index contributed by atoms with van der Waals surface area (Å²) in [6.07, 6.45) is 4.73. The molecule has 3 rings (SSSR count). The Kier molecular flexibility index (Phi) is 3.72. The lowest BCUT2D eigenvalue weighted by atomic mass is 10.0. The molecule has 1 aromatic carbocycles. The van der Waals surface area contributed by atoms with Crippen molar-refractivity contribution in [3.8, 4) is 0 Å². The second-order valence-electron chi connectivity index (χ2n) is 5.03. The van der Waals surface area contributed by atoms with Gasteiger partial charge in [0.1, 0.15) is 0 Å². The molecule has 0 aliphatic rings. The molecule has 1 N–H and O–H groups in total. The Hall–Kier alpha value is -3.28. The molecule has 0 aliphatic carbocycles. The van der Waals surface area contributed by atoms with Gasteiger partial charge in [-0.15, -0.1) is 0 Å². The first-order valence-electron chi connectivity index (χ1n) is 6.89. The van der Waals surface area contributed by atoms with Gasteiger partial charge < -0.3 is 5.11 Å². The molecule has 0 saturated carbocycles.